The van der Waals surface area contributed by atoms with Crippen LogP contribution in [-0.2, 0) is 10.0 Å². The Kier molecular flexibility index (Phi) is 3.99. The number of nitrogens with zero attached hydrogens (tertiary/aromatic N) is 3. The molecular weight excluding hydrogens is 298 g/mol. The van der Waals surface area contributed by atoms with Gasteiger partial charge in [0, 0.05) is 31.9 Å². The van der Waals surface area contributed by atoms with Gasteiger partial charge < -0.3 is 0 Å². The average Bonchev–Trinajstić information content (AvgIpc) is 2.47. The fourth-order valence-corrected chi connectivity index (χ4v) is 4.94. The molecule has 110 valence electrons. The van der Waals surface area contributed by atoms with E-state index in [1.165, 1.54) is 25.1 Å². The molecule has 0 amide bonds. The molecule has 1 atom stereocenters. The number of sulfonamides is 1. The van der Waals surface area contributed by atoms with Crippen LogP contribution in [0.5, 0.6) is 0 Å². The van der Waals surface area contributed by atoms with Crippen LogP contribution in [0.25, 0.3) is 0 Å². The highest BCUT2D eigenvalue weighted by Crippen LogP contribution is 2.27. The molecule has 0 spiro atoms. The first-order valence-electron chi connectivity index (χ1n) is 6.94. The summed E-state index contributed by atoms with van der Waals surface area (Å²) in [7, 11) is -3.53. The molecule has 2 saturated heterocycles. The first-order chi connectivity index (χ1) is 9.59. The van der Waals surface area contributed by atoms with E-state index in [2.05, 4.69) is 9.88 Å². The number of halogens is 1. The molecule has 0 saturated carbocycles. The summed E-state index contributed by atoms with van der Waals surface area (Å²) >= 11 is 5.94. The van der Waals surface area contributed by atoms with Crippen LogP contribution in [0.4, 0.5) is 0 Å². The van der Waals surface area contributed by atoms with Crippen molar-refractivity contribution >= 4 is 21.6 Å². The smallest absolute Gasteiger partial charge is 0.246 e. The molecule has 0 aromatic carbocycles. The highest BCUT2D eigenvalue weighted by Gasteiger charge is 2.36. The topological polar surface area (TPSA) is 53.5 Å². The predicted molar refractivity (Wildman–Crippen MR) is 77.2 cm³/mol. The summed E-state index contributed by atoms with van der Waals surface area (Å²) in [6.07, 6.45) is 4.98. The Morgan fingerprint density at radius 3 is 2.90 bits per heavy atom. The second kappa shape index (κ2) is 5.60. The van der Waals surface area contributed by atoms with Gasteiger partial charge in [0.1, 0.15) is 10.0 Å². The van der Waals surface area contributed by atoms with Gasteiger partial charge in [0.25, 0.3) is 0 Å². The summed E-state index contributed by atoms with van der Waals surface area (Å²) in [4.78, 5) is 6.39. The number of fused-ring (bicyclic) bond motifs is 1. The van der Waals surface area contributed by atoms with E-state index in [4.69, 9.17) is 11.6 Å². The van der Waals surface area contributed by atoms with Crippen LogP contribution in [0, 0.1) is 0 Å². The molecule has 1 aromatic rings. The number of pyridine rings is 1. The molecule has 20 heavy (non-hydrogen) atoms. The monoisotopic (exact) mass is 315 g/mol. The number of hydrogen-bond donors (Lipinski definition) is 0. The summed E-state index contributed by atoms with van der Waals surface area (Å²) in [5, 5.41) is 0.0542. The van der Waals surface area contributed by atoms with Crippen LogP contribution in [0.15, 0.2) is 23.2 Å². The van der Waals surface area contributed by atoms with Crippen molar-refractivity contribution in [2.24, 2.45) is 0 Å². The Hall–Kier alpha value is -0.690. The molecule has 5 nitrogen and oxygen atoms in total. The molecule has 7 heteroatoms. The van der Waals surface area contributed by atoms with Gasteiger partial charge in [-0.05, 0) is 31.5 Å². The Labute approximate surface area is 124 Å². The Morgan fingerprint density at radius 1 is 1.25 bits per heavy atom. The number of piperidine rings is 1. The highest BCUT2D eigenvalue weighted by atomic mass is 35.5. The van der Waals surface area contributed by atoms with Gasteiger partial charge in [-0.1, -0.05) is 18.0 Å². The van der Waals surface area contributed by atoms with Crippen molar-refractivity contribution in [1.82, 2.24) is 14.2 Å². The fraction of sp³-hybridized carbons (Fsp3) is 0.615. The predicted octanol–water partition coefficient (Wildman–Crippen LogP) is 1.59. The molecule has 1 aromatic heterocycles. The molecule has 3 heterocycles. The molecule has 2 aliphatic rings. The fourth-order valence-electron chi connectivity index (χ4n) is 3.05. The lowest BCUT2D eigenvalue weighted by Gasteiger charge is -2.43. The molecular formula is C13H18ClN3O2S. The molecule has 0 bridgehead atoms. The summed E-state index contributed by atoms with van der Waals surface area (Å²) in [5.74, 6) is 0. The highest BCUT2D eigenvalue weighted by molar-refractivity contribution is 7.89. The molecule has 1 unspecified atom stereocenters. The minimum Gasteiger partial charge on any atom is -0.298 e. The Morgan fingerprint density at radius 2 is 2.10 bits per heavy atom. The lowest BCUT2D eigenvalue weighted by atomic mass is 10.0. The largest absolute Gasteiger partial charge is 0.298 e. The van der Waals surface area contributed by atoms with Gasteiger partial charge in [0.15, 0.2) is 0 Å². The van der Waals surface area contributed by atoms with E-state index in [0.29, 0.717) is 19.1 Å². The second-order valence-electron chi connectivity index (χ2n) is 5.34. The average molecular weight is 316 g/mol. The van der Waals surface area contributed by atoms with Gasteiger partial charge in [0.05, 0.1) is 0 Å². The van der Waals surface area contributed by atoms with Crippen molar-refractivity contribution in [2.75, 3.05) is 26.2 Å². The normalized spacial score (nSPS) is 25.4. The quantitative estimate of drug-likeness (QED) is 0.778. The summed E-state index contributed by atoms with van der Waals surface area (Å²) in [6, 6.07) is 3.48. The maximum atomic E-state index is 12.7. The van der Waals surface area contributed by atoms with Crippen LogP contribution in [0.1, 0.15) is 19.3 Å². The zero-order chi connectivity index (χ0) is 14.2. The Balaban J connectivity index is 1.84. The van der Waals surface area contributed by atoms with Crippen LogP contribution < -0.4 is 0 Å². The van der Waals surface area contributed by atoms with E-state index in [0.717, 1.165) is 19.5 Å². The third-order valence-corrected chi connectivity index (χ3v) is 6.45. The van der Waals surface area contributed by atoms with E-state index in [1.54, 1.807) is 10.4 Å². The van der Waals surface area contributed by atoms with Crippen LogP contribution >= 0.6 is 11.6 Å². The van der Waals surface area contributed by atoms with Gasteiger partial charge in [-0.3, -0.25) is 4.90 Å². The molecule has 0 aliphatic carbocycles. The lowest BCUT2D eigenvalue weighted by molar-refractivity contribution is 0.0851. The zero-order valence-electron chi connectivity index (χ0n) is 11.2. The standard InChI is InChI=1S/C13H18ClN3O2S/c14-13-12(5-3-6-15-13)20(18,19)17-9-8-16-7-2-1-4-11(16)10-17/h3,5-6,11H,1-2,4,7-10H2. The van der Waals surface area contributed by atoms with Gasteiger partial charge in [-0.25, -0.2) is 13.4 Å². The lowest BCUT2D eigenvalue weighted by Crippen LogP contribution is -2.56. The number of piperazine rings is 1. The summed E-state index contributed by atoms with van der Waals surface area (Å²) in [6.45, 7) is 2.99. The van der Waals surface area contributed by atoms with Crippen molar-refractivity contribution in [2.45, 2.75) is 30.2 Å². The Bertz CT molecular complexity index is 593. The first kappa shape index (κ1) is 14.3. The third-order valence-electron chi connectivity index (χ3n) is 4.14. The SMILES string of the molecule is O=S(=O)(c1cccnc1Cl)N1CCN2CCCCC2C1. The molecule has 2 fully saturated rings. The van der Waals surface area contributed by atoms with Crippen molar-refractivity contribution in [3.63, 3.8) is 0 Å². The van der Waals surface area contributed by atoms with Gasteiger partial charge >= 0.3 is 0 Å². The molecule has 0 radical (unpaired) electrons. The molecule has 3 rings (SSSR count). The van der Waals surface area contributed by atoms with Crippen LogP contribution in [0.3, 0.4) is 0 Å². The van der Waals surface area contributed by atoms with Crippen LogP contribution in [0.2, 0.25) is 5.15 Å². The van der Waals surface area contributed by atoms with Crippen molar-refractivity contribution in [3.8, 4) is 0 Å². The van der Waals surface area contributed by atoms with Gasteiger partial charge in [-0.2, -0.15) is 4.31 Å². The minimum absolute atomic E-state index is 0.0542. The number of aromatic nitrogens is 1. The van der Waals surface area contributed by atoms with Crippen molar-refractivity contribution in [1.29, 1.82) is 0 Å². The third kappa shape index (κ3) is 2.57. The van der Waals surface area contributed by atoms with Crippen molar-refractivity contribution < 1.29 is 8.42 Å². The van der Waals surface area contributed by atoms with E-state index < -0.39 is 10.0 Å². The van der Waals surface area contributed by atoms with Crippen molar-refractivity contribution in [3.05, 3.63) is 23.5 Å². The summed E-state index contributed by atoms with van der Waals surface area (Å²) < 4.78 is 26.9. The maximum absolute atomic E-state index is 12.7. The molecule has 0 N–H and O–H groups in total. The minimum atomic E-state index is -3.53. The van der Waals surface area contributed by atoms with E-state index in [9.17, 15) is 8.42 Å². The van der Waals surface area contributed by atoms with Gasteiger partial charge in [0.2, 0.25) is 10.0 Å². The second-order valence-corrected chi connectivity index (χ2v) is 7.61. The maximum Gasteiger partial charge on any atom is 0.246 e. The number of rotatable bonds is 2. The van der Waals surface area contributed by atoms with Crippen LogP contribution in [-0.4, -0.2) is 54.8 Å². The zero-order valence-corrected chi connectivity index (χ0v) is 12.8. The first-order valence-corrected chi connectivity index (χ1v) is 8.75. The van der Waals surface area contributed by atoms with E-state index >= 15 is 0 Å². The molecule has 2 aliphatic heterocycles. The summed E-state index contributed by atoms with van der Waals surface area (Å²) in [5.41, 5.74) is 0. The van der Waals surface area contributed by atoms with E-state index in [-0.39, 0.29) is 10.0 Å². The number of hydrogen-bond acceptors (Lipinski definition) is 4. The van der Waals surface area contributed by atoms with E-state index in [1.807, 2.05) is 0 Å². The van der Waals surface area contributed by atoms with Gasteiger partial charge in [-0.15, -0.1) is 0 Å².